The number of benzene rings is 1. The van der Waals surface area contributed by atoms with Crippen molar-refractivity contribution in [3.8, 4) is 0 Å². The number of carbonyl (C=O) groups is 1. The van der Waals surface area contributed by atoms with Gasteiger partial charge in [0.15, 0.2) is 0 Å². The van der Waals surface area contributed by atoms with E-state index in [4.69, 9.17) is 5.11 Å². The minimum atomic E-state index is -0.184. The number of carbonyl (C=O) groups excluding carboxylic acids is 1. The van der Waals surface area contributed by atoms with E-state index in [9.17, 15) is 4.79 Å². The number of piperidine rings is 1. The second-order valence-electron chi connectivity index (χ2n) is 7.10. The van der Waals surface area contributed by atoms with Gasteiger partial charge in [-0.1, -0.05) is 38.1 Å². The van der Waals surface area contributed by atoms with Crippen LogP contribution in [0.5, 0.6) is 0 Å². The van der Waals surface area contributed by atoms with Crippen LogP contribution < -0.4 is 10.6 Å². The molecule has 1 saturated heterocycles. The van der Waals surface area contributed by atoms with Crippen LogP contribution in [0.1, 0.15) is 37.8 Å². The van der Waals surface area contributed by atoms with Gasteiger partial charge in [0, 0.05) is 32.8 Å². The Morgan fingerprint density at radius 1 is 1.33 bits per heavy atom. The molecule has 0 aromatic heterocycles. The lowest BCUT2D eigenvalue weighted by atomic mass is 9.99. The number of amides is 2. The summed E-state index contributed by atoms with van der Waals surface area (Å²) in [5, 5.41) is 14.7. The van der Waals surface area contributed by atoms with Crippen molar-refractivity contribution >= 4 is 6.03 Å². The monoisotopic (exact) mass is 333 g/mol. The molecule has 2 rings (SSSR count). The van der Waals surface area contributed by atoms with Crippen molar-refractivity contribution in [3.63, 3.8) is 0 Å². The summed E-state index contributed by atoms with van der Waals surface area (Å²) >= 11 is 0. The lowest BCUT2D eigenvalue weighted by Gasteiger charge is -2.31. The number of hydrogen-bond donors (Lipinski definition) is 3. The van der Waals surface area contributed by atoms with Crippen molar-refractivity contribution in [2.24, 2.45) is 11.8 Å². The van der Waals surface area contributed by atoms with Crippen LogP contribution in [-0.2, 0) is 13.1 Å². The van der Waals surface area contributed by atoms with Gasteiger partial charge in [-0.15, -0.1) is 0 Å². The zero-order valence-corrected chi connectivity index (χ0v) is 14.9. The molecule has 3 N–H and O–H groups in total. The summed E-state index contributed by atoms with van der Waals surface area (Å²) in [5.74, 6) is 0.840. The quantitative estimate of drug-likeness (QED) is 0.718. The fourth-order valence-corrected chi connectivity index (χ4v) is 3.12. The van der Waals surface area contributed by atoms with Gasteiger partial charge in [-0.3, -0.25) is 4.90 Å². The summed E-state index contributed by atoms with van der Waals surface area (Å²) in [6.07, 6.45) is 2.60. The summed E-state index contributed by atoms with van der Waals surface area (Å²) in [5.41, 5.74) is 2.46. The first-order chi connectivity index (χ1) is 11.6. The molecule has 0 saturated carbocycles. The van der Waals surface area contributed by atoms with E-state index in [1.807, 2.05) is 13.0 Å². The Hall–Kier alpha value is -1.59. The van der Waals surface area contributed by atoms with Gasteiger partial charge >= 0.3 is 6.03 Å². The van der Waals surface area contributed by atoms with Crippen molar-refractivity contribution in [1.29, 1.82) is 0 Å². The molecule has 1 heterocycles. The summed E-state index contributed by atoms with van der Waals surface area (Å²) < 4.78 is 0. The maximum Gasteiger partial charge on any atom is 0.315 e. The van der Waals surface area contributed by atoms with Crippen molar-refractivity contribution < 1.29 is 9.90 Å². The molecule has 0 radical (unpaired) electrons. The Bertz CT molecular complexity index is 521. The minimum Gasteiger partial charge on any atom is -0.396 e. The lowest BCUT2D eigenvalue weighted by Crippen LogP contribution is -2.38. The highest BCUT2D eigenvalue weighted by Crippen LogP contribution is 2.19. The molecule has 1 aliphatic heterocycles. The summed E-state index contributed by atoms with van der Waals surface area (Å²) in [7, 11) is 0. The molecule has 134 valence electrons. The molecule has 5 heteroatoms. The molecule has 2 amide bonds. The largest absolute Gasteiger partial charge is 0.396 e. The lowest BCUT2D eigenvalue weighted by molar-refractivity contribution is 0.176. The Morgan fingerprint density at radius 3 is 2.79 bits per heavy atom. The predicted octanol–water partition coefficient (Wildman–Crippen LogP) is 2.35. The molecule has 0 aliphatic carbocycles. The smallest absolute Gasteiger partial charge is 0.315 e. The second-order valence-corrected chi connectivity index (χ2v) is 7.10. The topological polar surface area (TPSA) is 64.6 Å². The van der Waals surface area contributed by atoms with E-state index < -0.39 is 0 Å². The highest BCUT2D eigenvalue weighted by Gasteiger charge is 2.17. The van der Waals surface area contributed by atoms with Crippen LogP contribution in [0.15, 0.2) is 24.3 Å². The molecule has 2 unspecified atom stereocenters. The summed E-state index contributed by atoms with van der Waals surface area (Å²) in [6.45, 7) is 8.57. The Balaban J connectivity index is 1.85. The average molecular weight is 333 g/mol. The standard InChI is InChI=1S/C19H31N3O2/c1-15-6-5-9-22(12-15)13-18-8-4-3-7-17(18)11-21-19(24)20-10-16(2)14-23/h3-4,7-8,15-16,23H,5-6,9-14H2,1-2H3,(H2,20,21,24). The van der Waals surface area contributed by atoms with Gasteiger partial charge in [0.2, 0.25) is 0 Å². The summed E-state index contributed by atoms with van der Waals surface area (Å²) in [4.78, 5) is 14.4. The van der Waals surface area contributed by atoms with Crippen LogP contribution >= 0.6 is 0 Å². The average Bonchev–Trinajstić information content (AvgIpc) is 2.59. The van der Waals surface area contributed by atoms with Crippen molar-refractivity contribution in [2.75, 3.05) is 26.2 Å². The number of urea groups is 1. The van der Waals surface area contributed by atoms with Crippen LogP contribution in [0.25, 0.3) is 0 Å². The highest BCUT2D eigenvalue weighted by molar-refractivity contribution is 5.73. The van der Waals surface area contributed by atoms with E-state index >= 15 is 0 Å². The molecule has 0 spiro atoms. The molecule has 1 fully saturated rings. The molecule has 5 nitrogen and oxygen atoms in total. The predicted molar refractivity (Wildman–Crippen MR) is 96.6 cm³/mol. The summed E-state index contributed by atoms with van der Waals surface area (Å²) in [6, 6.07) is 8.14. The number of aliphatic hydroxyl groups is 1. The zero-order chi connectivity index (χ0) is 17.4. The molecule has 1 aliphatic rings. The molecule has 24 heavy (non-hydrogen) atoms. The number of hydrogen-bond acceptors (Lipinski definition) is 3. The Morgan fingerprint density at radius 2 is 2.08 bits per heavy atom. The van der Waals surface area contributed by atoms with Gasteiger partial charge in [-0.2, -0.15) is 0 Å². The van der Waals surface area contributed by atoms with Crippen LogP contribution in [0.4, 0.5) is 4.79 Å². The molecular weight excluding hydrogens is 302 g/mol. The molecule has 1 aromatic rings. The first-order valence-electron chi connectivity index (χ1n) is 9.00. The second kappa shape index (κ2) is 9.64. The molecule has 2 atom stereocenters. The molecule has 1 aromatic carbocycles. The van der Waals surface area contributed by atoms with Crippen LogP contribution in [0.2, 0.25) is 0 Å². The first kappa shape index (κ1) is 18.7. The number of nitrogens with one attached hydrogen (secondary N) is 2. The van der Waals surface area contributed by atoms with E-state index in [-0.39, 0.29) is 18.6 Å². The van der Waals surface area contributed by atoms with E-state index in [0.717, 1.165) is 25.6 Å². The first-order valence-corrected chi connectivity index (χ1v) is 9.00. The van der Waals surface area contributed by atoms with Crippen LogP contribution in [0.3, 0.4) is 0 Å². The van der Waals surface area contributed by atoms with Gasteiger partial charge in [-0.25, -0.2) is 4.79 Å². The number of aliphatic hydroxyl groups excluding tert-OH is 1. The molecule has 0 bridgehead atoms. The SMILES string of the molecule is CC(CO)CNC(=O)NCc1ccccc1CN1CCCC(C)C1. The van der Waals surface area contributed by atoms with Gasteiger partial charge in [-0.05, 0) is 42.3 Å². The van der Waals surface area contributed by atoms with Crippen molar-refractivity contribution in [3.05, 3.63) is 35.4 Å². The Kier molecular flexibility index (Phi) is 7.53. The van der Waals surface area contributed by atoms with E-state index in [1.165, 1.54) is 24.0 Å². The minimum absolute atomic E-state index is 0.0733. The van der Waals surface area contributed by atoms with Crippen molar-refractivity contribution in [1.82, 2.24) is 15.5 Å². The van der Waals surface area contributed by atoms with E-state index in [0.29, 0.717) is 13.1 Å². The van der Waals surface area contributed by atoms with Crippen LogP contribution in [-0.4, -0.2) is 42.3 Å². The fourth-order valence-electron chi connectivity index (χ4n) is 3.12. The maximum absolute atomic E-state index is 11.9. The third-order valence-corrected chi connectivity index (χ3v) is 4.62. The highest BCUT2D eigenvalue weighted by atomic mass is 16.3. The normalized spacial score (nSPS) is 19.7. The van der Waals surface area contributed by atoms with E-state index in [1.54, 1.807) is 0 Å². The zero-order valence-electron chi connectivity index (χ0n) is 14.9. The number of nitrogens with zero attached hydrogens (tertiary/aromatic N) is 1. The maximum atomic E-state index is 11.9. The van der Waals surface area contributed by atoms with Gasteiger partial charge in [0.25, 0.3) is 0 Å². The number of rotatable bonds is 7. The number of likely N-dealkylation sites (tertiary alicyclic amines) is 1. The van der Waals surface area contributed by atoms with Crippen LogP contribution in [0, 0.1) is 11.8 Å². The van der Waals surface area contributed by atoms with Gasteiger partial charge < -0.3 is 15.7 Å². The Labute approximate surface area is 145 Å². The third-order valence-electron chi connectivity index (χ3n) is 4.62. The fraction of sp³-hybridized carbons (Fsp3) is 0.632. The van der Waals surface area contributed by atoms with Gasteiger partial charge in [0.1, 0.15) is 0 Å². The third kappa shape index (κ3) is 6.13. The van der Waals surface area contributed by atoms with E-state index in [2.05, 4.69) is 40.7 Å². The molecular formula is C19H31N3O2. The van der Waals surface area contributed by atoms with Crippen molar-refractivity contribution in [2.45, 2.75) is 39.8 Å². The van der Waals surface area contributed by atoms with Gasteiger partial charge in [0.05, 0.1) is 0 Å².